The summed E-state index contributed by atoms with van der Waals surface area (Å²) in [7, 11) is -3.79. The van der Waals surface area contributed by atoms with E-state index in [0.29, 0.717) is 35.7 Å². The molecule has 0 atom stereocenters. The number of hydrogen-bond acceptors (Lipinski definition) is 5. The van der Waals surface area contributed by atoms with E-state index < -0.39 is 21.5 Å². The first-order valence-corrected chi connectivity index (χ1v) is 11.8. The average molecular weight is 465 g/mol. The number of ether oxygens (including phenoxy) is 1. The quantitative estimate of drug-likeness (QED) is 0.699. The number of benzene rings is 2. The van der Waals surface area contributed by atoms with Gasteiger partial charge in [0.1, 0.15) is 10.6 Å². The number of carbonyl (C=O) groups excluding carboxylic acids is 2. The number of nitrogens with zero attached hydrogens (tertiary/aromatic N) is 1. The van der Waals surface area contributed by atoms with Gasteiger partial charge in [-0.05, 0) is 50.2 Å². The van der Waals surface area contributed by atoms with Gasteiger partial charge in [-0.15, -0.1) is 0 Å². The van der Waals surface area contributed by atoms with E-state index >= 15 is 0 Å². The molecule has 9 heteroatoms. The fourth-order valence-corrected chi connectivity index (χ4v) is 5.32. The monoisotopic (exact) mass is 464 g/mol. The number of Topliss-reactive ketones (excluding diaryl/α,β-unsaturated/α-hetero) is 1. The van der Waals surface area contributed by atoms with Gasteiger partial charge in [-0.3, -0.25) is 9.59 Å². The Hall–Kier alpha value is -2.42. The molecule has 1 amide bonds. The molecule has 7 nitrogen and oxygen atoms in total. The molecule has 2 aromatic rings. The average Bonchev–Trinajstić information content (AvgIpc) is 2.70. The van der Waals surface area contributed by atoms with Crippen LogP contribution in [-0.2, 0) is 21.2 Å². The van der Waals surface area contributed by atoms with Crippen molar-refractivity contribution < 1.29 is 22.7 Å². The molecule has 0 saturated heterocycles. The number of sulfonamides is 1. The highest BCUT2D eigenvalue weighted by Gasteiger charge is 2.35. The summed E-state index contributed by atoms with van der Waals surface area (Å²) >= 11 is 6.14. The Morgan fingerprint density at radius 2 is 1.84 bits per heavy atom. The molecule has 0 unspecified atom stereocenters. The van der Waals surface area contributed by atoms with Crippen molar-refractivity contribution in [2.45, 2.75) is 44.6 Å². The number of nitrogens with one attached hydrogen (secondary N) is 1. The predicted molar refractivity (Wildman–Crippen MR) is 119 cm³/mol. The van der Waals surface area contributed by atoms with Crippen molar-refractivity contribution in [3.8, 4) is 5.75 Å². The van der Waals surface area contributed by atoms with Gasteiger partial charge in [-0.2, -0.15) is 4.31 Å². The maximum absolute atomic E-state index is 12.8. The number of anilines is 1. The fourth-order valence-electron chi connectivity index (χ4n) is 3.36. The lowest BCUT2D eigenvalue weighted by Gasteiger charge is -2.31. The summed E-state index contributed by atoms with van der Waals surface area (Å²) in [6, 6.07) is 9.20. The van der Waals surface area contributed by atoms with Crippen LogP contribution in [0, 0.1) is 0 Å². The minimum Gasteiger partial charge on any atom is -0.480 e. The third kappa shape index (κ3) is 4.61. The van der Waals surface area contributed by atoms with Crippen molar-refractivity contribution in [1.29, 1.82) is 0 Å². The zero-order chi connectivity index (χ0) is 23.0. The minimum absolute atomic E-state index is 0.0673. The van der Waals surface area contributed by atoms with Crippen molar-refractivity contribution >= 4 is 39.0 Å². The lowest BCUT2D eigenvalue weighted by molar-refractivity contribution is -0.132. The third-order valence-electron chi connectivity index (χ3n) is 5.22. The Labute approximate surface area is 187 Å². The number of hydrogen-bond donors (Lipinski definition) is 1. The van der Waals surface area contributed by atoms with Crippen molar-refractivity contribution in [3.63, 3.8) is 0 Å². The Morgan fingerprint density at radius 3 is 2.48 bits per heavy atom. The number of amides is 1. The lowest BCUT2D eigenvalue weighted by atomic mass is 9.92. The van der Waals surface area contributed by atoms with Crippen LogP contribution in [0.1, 0.15) is 43.6 Å². The van der Waals surface area contributed by atoms with Gasteiger partial charge in [0.2, 0.25) is 10.0 Å². The van der Waals surface area contributed by atoms with Crippen molar-refractivity contribution in [3.05, 3.63) is 52.5 Å². The van der Waals surface area contributed by atoms with Crippen LogP contribution in [0.3, 0.4) is 0 Å². The largest absolute Gasteiger partial charge is 0.480 e. The zero-order valence-electron chi connectivity index (χ0n) is 17.9. The topological polar surface area (TPSA) is 92.8 Å². The van der Waals surface area contributed by atoms with E-state index in [2.05, 4.69) is 5.32 Å². The van der Waals surface area contributed by atoms with Crippen LogP contribution in [0.4, 0.5) is 5.69 Å². The fraction of sp³-hybridized carbons (Fsp3) is 0.364. The van der Waals surface area contributed by atoms with Crippen LogP contribution in [0.25, 0.3) is 0 Å². The van der Waals surface area contributed by atoms with E-state index in [0.717, 1.165) is 0 Å². The highest BCUT2D eigenvalue weighted by atomic mass is 35.5. The molecule has 3 rings (SSSR count). The van der Waals surface area contributed by atoms with Gasteiger partial charge in [-0.1, -0.05) is 25.4 Å². The summed E-state index contributed by atoms with van der Waals surface area (Å²) in [6.45, 7) is 7.52. The molecule has 1 aliphatic heterocycles. The molecule has 0 bridgehead atoms. The first-order valence-electron chi connectivity index (χ1n) is 9.96. The third-order valence-corrected chi connectivity index (χ3v) is 7.75. The SMILES string of the molecule is CCN(CC)S(=O)(=O)c1cc(NC(=O)c2ccc3c(c2)CC(=O)C(C)(C)O3)ccc1Cl. The summed E-state index contributed by atoms with van der Waals surface area (Å²) in [5, 5.41) is 2.78. The highest BCUT2D eigenvalue weighted by molar-refractivity contribution is 7.89. The van der Waals surface area contributed by atoms with E-state index in [1.807, 2.05) is 0 Å². The molecule has 0 spiro atoms. The normalized spacial score (nSPS) is 15.4. The first kappa shape index (κ1) is 23.2. The second-order valence-electron chi connectivity index (χ2n) is 7.72. The lowest BCUT2D eigenvalue weighted by Crippen LogP contribution is -2.42. The molecule has 1 heterocycles. The zero-order valence-corrected chi connectivity index (χ0v) is 19.4. The molecule has 1 aliphatic rings. The Bertz CT molecular complexity index is 1140. The Morgan fingerprint density at radius 1 is 1.16 bits per heavy atom. The number of carbonyl (C=O) groups is 2. The van der Waals surface area contributed by atoms with Gasteiger partial charge in [0, 0.05) is 36.3 Å². The minimum atomic E-state index is -3.79. The molecule has 0 saturated carbocycles. The summed E-state index contributed by atoms with van der Waals surface area (Å²) in [5.74, 6) is 0.0651. The van der Waals surface area contributed by atoms with Crippen LogP contribution < -0.4 is 10.1 Å². The summed E-state index contributed by atoms with van der Waals surface area (Å²) in [4.78, 5) is 24.9. The van der Waals surface area contributed by atoms with E-state index in [1.165, 1.54) is 22.5 Å². The molecule has 1 N–H and O–H groups in total. The van der Waals surface area contributed by atoms with Crippen LogP contribution in [0.5, 0.6) is 5.75 Å². The highest BCUT2D eigenvalue weighted by Crippen LogP contribution is 2.32. The van der Waals surface area contributed by atoms with Crippen molar-refractivity contribution in [2.24, 2.45) is 0 Å². The second-order valence-corrected chi connectivity index (χ2v) is 10.0. The van der Waals surface area contributed by atoms with Crippen LogP contribution in [0.15, 0.2) is 41.3 Å². The summed E-state index contributed by atoms with van der Waals surface area (Å²) in [6.07, 6.45) is 0.177. The van der Waals surface area contributed by atoms with Gasteiger partial charge in [0.25, 0.3) is 5.91 Å². The van der Waals surface area contributed by atoms with E-state index in [4.69, 9.17) is 16.3 Å². The first-order chi connectivity index (χ1) is 14.5. The van der Waals surface area contributed by atoms with Gasteiger partial charge in [0.05, 0.1) is 5.02 Å². The molecular formula is C22H25ClN2O5S. The summed E-state index contributed by atoms with van der Waals surface area (Å²) < 4.78 is 32.7. The Kier molecular flexibility index (Phi) is 6.45. The molecule has 0 aliphatic carbocycles. The van der Waals surface area contributed by atoms with Gasteiger partial charge >= 0.3 is 0 Å². The van der Waals surface area contributed by atoms with Crippen molar-refractivity contribution in [2.75, 3.05) is 18.4 Å². The van der Waals surface area contributed by atoms with Crippen molar-refractivity contribution in [1.82, 2.24) is 4.31 Å². The van der Waals surface area contributed by atoms with Gasteiger partial charge in [0.15, 0.2) is 11.4 Å². The standard InChI is InChI=1S/C22H25ClN2O5S/c1-5-25(6-2)31(28,29)19-13-16(8-9-17(19)23)24-21(27)14-7-10-18-15(11-14)12-20(26)22(3,4)30-18/h7-11,13H,5-6,12H2,1-4H3,(H,24,27). The Balaban J connectivity index is 1.87. The number of halogens is 1. The molecule has 166 valence electrons. The number of fused-ring (bicyclic) bond motifs is 1. The van der Waals surface area contributed by atoms with E-state index in [-0.39, 0.29) is 22.1 Å². The maximum Gasteiger partial charge on any atom is 0.255 e. The molecule has 31 heavy (non-hydrogen) atoms. The van der Waals surface area contributed by atoms with Gasteiger partial charge < -0.3 is 10.1 Å². The smallest absolute Gasteiger partial charge is 0.255 e. The van der Waals surface area contributed by atoms with Gasteiger partial charge in [-0.25, -0.2) is 8.42 Å². The van der Waals surface area contributed by atoms with Crippen LogP contribution in [-0.4, -0.2) is 43.1 Å². The summed E-state index contributed by atoms with van der Waals surface area (Å²) in [5.41, 5.74) is 0.370. The number of ketones is 1. The molecule has 0 fully saturated rings. The molecule has 2 aromatic carbocycles. The number of rotatable bonds is 6. The van der Waals surface area contributed by atoms with E-state index in [1.54, 1.807) is 45.9 Å². The maximum atomic E-state index is 12.8. The van der Waals surface area contributed by atoms with E-state index in [9.17, 15) is 18.0 Å². The predicted octanol–water partition coefficient (Wildman–Crippen LogP) is 3.91. The molecule has 0 radical (unpaired) electrons. The molecule has 0 aromatic heterocycles. The molecular weight excluding hydrogens is 440 g/mol. The van der Waals surface area contributed by atoms with Crippen LogP contribution >= 0.6 is 11.6 Å². The second kappa shape index (κ2) is 8.61. The van der Waals surface area contributed by atoms with Crippen LogP contribution in [0.2, 0.25) is 5.02 Å².